The highest BCUT2D eigenvalue weighted by Gasteiger charge is 2.28. The van der Waals surface area contributed by atoms with Gasteiger partial charge >= 0.3 is 0 Å². The Balaban J connectivity index is 4.44. The van der Waals surface area contributed by atoms with E-state index in [4.69, 9.17) is 17.3 Å². The molecule has 0 amide bonds. The molecule has 0 fully saturated rings. The van der Waals surface area contributed by atoms with Crippen molar-refractivity contribution < 1.29 is 8.42 Å². The topological polar surface area (TPSA) is 60.2 Å². The predicted octanol–water partition coefficient (Wildman–Crippen LogP) is 0.335. The van der Waals surface area contributed by atoms with Gasteiger partial charge in [0.05, 0.1) is 5.75 Å². The Morgan fingerprint density at radius 2 is 1.90 bits per heavy atom. The van der Waals surface area contributed by atoms with Crippen molar-refractivity contribution in [3.8, 4) is 0 Å². The summed E-state index contributed by atoms with van der Waals surface area (Å²) in [6, 6.07) is 0. The number of alkyl halides is 1. The average Bonchev–Trinajstić information content (AvgIpc) is 1.61. The highest BCUT2D eigenvalue weighted by atomic mass is 35.5. The maximum Gasteiger partial charge on any atom is 0.169 e. The molecule has 0 aromatic carbocycles. The summed E-state index contributed by atoms with van der Waals surface area (Å²) in [7, 11) is -3.20. The molecule has 3 nitrogen and oxygen atoms in total. The SMILES string of the molecule is CC(C)(N)S(=O)(=O)CCCl. The first kappa shape index (κ1) is 10.2. The van der Waals surface area contributed by atoms with E-state index in [1.165, 1.54) is 13.8 Å². The fourth-order valence-electron chi connectivity index (χ4n) is 0.365. The second-order valence-electron chi connectivity index (χ2n) is 2.61. The first-order chi connectivity index (χ1) is 4.31. The normalized spacial score (nSPS) is 13.6. The van der Waals surface area contributed by atoms with Gasteiger partial charge in [-0.1, -0.05) is 0 Å². The van der Waals surface area contributed by atoms with Crippen LogP contribution in [0.4, 0.5) is 0 Å². The zero-order valence-corrected chi connectivity index (χ0v) is 7.67. The summed E-state index contributed by atoms with van der Waals surface area (Å²) in [6.07, 6.45) is 0. The third-order valence-electron chi connectivity index (χ3n) is 1.15. The van der Waals surface area contributed by atoms with Gasteiger partial charge in [0.1, 0.15) is 4.87 Å². The van der Waals surface area contributed by atoms with E-state index < -0.39 is 14.7 Å². The van der Waals surface area contributed by atoms with E-state index >= 15 is 0 Å². The van der Waals surface area contributed by atoms with Crippen LogP contribution < -0.4 is 5.73 Å². The van der Waals surface area contributed by atoms with Gasteiger partial charge in [0.25, 0.3) is 0 Å². The van der Waals surface area contributed by atoms with Crippen LogP contribution in [0.15, 0.2) is 0 Å². The van der Waals surface area contributed by atoms with Crippen LogP contribution in [-0.2, 0) is 9.84 Å². The molecule has 0 saturated carbocycles. The number of nitrogens with two attached hydrogens (primary N) is 1. The second kappa shape index (κ2) is 3.07. The molecule has 0 aliphatic rings. The minimum absolute atomic E-state index is 0.0575. The Bertz CT molecular complexity index is 192. The Labute approximate surface area is 66.5 Å². The van der Waals surface area contributed by atoms with Gasteiger partial charge in [0.15, 0.2) is 9.84 Å². The Morgan fingerprint density at radius 1 is 1.50 bits per heavy atom. The van der Waals surface area contributed by atoms with Crippen molar-refractivity contribution in [2.45, 2.75) is 18.7 Å². The van der Waals surface area contributed by atoms with Crippen molar-refractivity contribution in [1.29, 1.82) is 0 Å². The van der Waals surface area contributed by atoms with Gasteiger partial charge in [-0.15, -0.1) is 11.6 Å². The van der Waals surface area contributed by atoms with Crippen molar-refractivity contribution in [3.63, 3.8) is 0 Å². The lowest BCUT2D eigenvalue weighted by Crippen LogP contribution is -2.43. The molecule has 0 bridgehead atoms. The van der Waals surface area contributed by atoms with E-state index in [9.17, 15) is 8.42 Å². The van der Waals surface area contributed by atoms with Crippen LogP contribution in [0, 0.1) is 0 Å². The van der Waals surface area contributed by atoms with Crippen molar-refractivity contribution >= 4 is 21.4 Å². The van der Waals surface area contributed by atoms with E-state index in [-0.39, 0.29) is 11.6 Å². The zero-order valence-electron chi connectivity index (χ0n) is 6.09. The van der Waals surface area contributed by atoms with Crippen molar-refractivity contribution in [3.05, 3.63) is 0 Å². The van der Waals surface area contributed by atoms with E-state index in [0.29, 0.717) is 0 Å². The van der Waals surface area contributed by atoms with Crippen molar-refractivity contribution in [1.82, 2.24) is 0 Å². The molecule has 5 heteroatoms. The minimum Gasteiger partial charge on any atom is -0.313 e. The third kappa shape index (κ3) is 2.44. The average molecular weight is 186 g/mol. The van der Waals surface area contributed by atoms with Crippen LogP contribution in [0.5, 0.6) is 0 Å². The lowest BCUT2D eigenvalue weighted by Gasteiger charge is -2.17. The molecule has 0 aliphatic heterocycles. The molecule has 0 rings (SSSR count). The summed E-state index contributed by atoms with van der Waals surface area (Å²) < 4.78 is 22.1. The van der Waals surface area contributed by atoms with Crippen LogP contribution in [0.3, 0.4) is 0 Å². The molecular weight excluding hydrogens is 174 g/mol. The van der Waals surface area contributed by atoms with Crippen LogP contribution in [-0.4, -0.2) is 24.9 Å². The van der Waals surface area contributed by atoms with Gasteiger partial charge < -0.3 is 5.73 Å². The summed E-state index contributed by atoms with van der Waals surface area (Å²) in [5, 5.41) is 0. The Hall–Kier alpha value is 0.200. The van der Waals surface area contributed by atoms with Crippen LogP contribution in [0.2, 0.25) is 0 Å². The summed E-state index contributed by atoms with van der Waals surface area (Å²) in [5.41, 5.74) is 5.35. The molecule has 0 heterocycles. The lowest BCUT2D eigenvalue weighted by atomic mass is 10.4. The number of rotatable bonds is 3. The summed E-state index contributed by atoms with van der Waals surface area (Å²) in [6.45, 7) is 2.91. The molecular formula is C5H12ClNO2S. The standard InChI is InChI=1S/C5H12ClNO2S/c1-5(2,7)10(8,9)4-3-6/h3-4,7H2,1-2H3. The Kier molecular flexibility index (Phi) is 3.13. The minimum atomic E-state index is -3.20. The number of halogens is 1. The molecule has 0 atom stereocenters. The molecule has 0 saturated heterocycles. The van der Waals surface area contributed by atoms with Crippen molar-refractivity contribution in [2.75, 3.05) is 11.6 Å². The quantitative estimate of drug-likeness (QED) is 0.645. The van der Waals surface area contributed by atoms with E-state index in [0.717, 1.165) is 0 Å². The Morgan fingerprint density at radius 3 is 2.00 bits per heavy atom. The van der Waals surface area contributed by atoms with Gasteiger partial charge in [0, 0.05) is 5.88 Å². The maximum absolute atomic E-state index is 11.0. The fraction of sp³-hybridized carbons (Fsp3) is 1.00. The zero-order chi connectivity index (χ0) is 8.41. The van der Waals surface area contributed by atoms with E-state index in [2.05, 4.69) is 0 Å². The van der Waals surface area contributed by atoms with Crippen LogP contribution in [0.1, 0.15) is 13.8 Å². The molecule has 0 unspecified atom stereocenters. The molecule has 0 aliphatic carbocycles. The molecule has 0 spiro atoms. The summed E-state index contributed by atoms with van der Waals surface area (Å²) >= 11 is 5.26. The first-order valence-corrected chi connectivity index (χ1v) is 5.07. The fourth-order valence-corrected chi connectivity index (χ4v) is 1.70. The third-order valence-corrected chi connectivity index (χ3v) is 3.91. The molecule has 2 N–H and O–H groups in total. The van der Waals surface area contributed by atoms with E-state index in [1.54, 1.807) is 0 Å². The molecule has 10 heavy (non-hydrogen) atoms. The van der Waals surface area contributed by atoms with E-state index in [1.807, 2.05) is 0 Å². The largest absolute Gasteiger partial charge is 0.313 e. The van der Waals surface area contributed by atoms with Gasteiger partial charge in [0.2, 0.25) is 0 Å². The highest BCUT2D eigenvalue weighted by Crippen LogP contribution is 2.09. The van der Waals surface area contributed by atoms with Gasteiger partial charge in [-0.25, -0.2) is 8.42 Å². The number of sulfone groups is 1. The van der Waals surface area contributed by atoms with Crippen LogP contribution in [0.25, 0.3) is 0 Å². The monoisotopic (exact) mass is 185 g/mol. The summed E-state index contributed by atoms with van der Waals surface area (Å²) in [5.74, 6) is 0.0427. The number of hydrogen-bond acceptors (Lipinski definition) is 3. The second-order valence-corrected chi connectivity index (χ2v) is 5.68. The molecule has 62 valence electrons. The summed E-state index contributed by atoms with van der Waals surface area (Å²) in [4.78, 5) is -1.16. The molecule has 0 aromatic heterocycles. The number of hydrogen-bond donors (Lipinski definition) is 1. The molecule has 0 radical (unpaired) electrons. The van der Waals surface area contributed by atoms with Crippen molar-refractivity contribution in [2.24, 2.45) is 5.73 Å². The lowest BCUT2D eigenvalue weighted by molar-refractivity contribution is 0.554. The smallest absolute Gasteiger partial charge is 0.169 e. The first-order valence-electron chi connectivity index (χ1n) is 2.88. The molecule has 0 aromatic rings. The van der Waals surface area contributed by atoms with Crippen LogP contribution >= 0.6 is 11.6 Å². The van der Waals surface area contributed by atoms with Gasteiger partial charge in [-0.05, 0) is 13.8 Å². The predicted molar refractivity (Wildman–Crippen MR) is 42.8 cm³/mol. The van der Waals surface area contributed by atoms with Gasteiger partial charge in [-0.3, -0.25) is 0 Å². The maximum atomic E-state index is 11.0. The van der Waals surface area contributed by atoms with Gasteiger partial charge in [-0.2, -0.15) is 0 Å². The highest BCUT2D eigenvalue weighted by molar-refractivity contribution is 7.92.